The van der Waals surface area contributed by atoms with Crippen LogP contribution in [0.4, 0.5) is 0 Å². The molecule has 0 rings (SSSR count). The minimum atomic E-state index is -0.815. The average Bonchev–Trinajstić information content (AvgIpc) is 2.01. The van der Waals surface area contributed by atoms with Gasteiger partial charge in [-0.2, -0.15) is 0 Å². The molecule has 0 radical (unpaired) electrons. The molecule has 2 N–H and O–H groups in total. The second-order valence-electron chi connectivity index (χ2n) is 4.14. The molecule has 0 bridgehead atoms. The Balaban J connectivity index is 4.19. The van der Waals surface area contributed by atoms with Crippen LogP contribution < -0.4 is 0 Å². The normalized spacial score (nSPS) is 14.6. The SMILES string of the molecule is CC(CO)N(C)CC(C)(C)C(=O)O. The lowest BCUT2D eigenvalue weighted by atomic mass is 9.93. The van der Waals surface area contributed by atoms with Crippen molar-refractivity contribution in [3.05, 3.63) is 0 Å². The van der Waals surface area contributed by atoms with Gasteiger partial charge in [0.1, 0.15) is 0 Å². The first kappa shape index (κ1) is 12.4. The highest BCUT2D eigenvalue weighted by molar-refractivity contribution is 5.73. The molecule has 1 unspecified atom stereocenters. The smallest absolute Gasteiger partial charge is 0.310 e. The number of carboxylic acid groups (broad SMARTS) is 1. The molecule has 0 heterocycles. The van der Waals surface area contributed by atoms with Crippen LogP contribution in [0.2, 0.25) is 0 Å². The van der Waals surface area contributed by atoms with E-state index in [9.17, 15) is 4.79 Å². The summed E-state index contributed by atoms with van der Waals surface area (Å²) in [6, 6.07) is -0.00127. The summed E-state index contributed by atoms with van der Waals surface area (Å²) in [7, 11) is 1.81. The minimum Gasteiger partial charge on any atom is -0.481 e. The van der Waals surface area contributed by atoms with E-state index in [1.165, 1.54) is 0 Å². The van der Waals surface area contributed by atoms with Crippen LogP contribution in [0.5, 0.6) is 0 Å². The summed E-state index contributed by atoms with van der Waals surface area (Å²) in [4.78, 5) is 12.6. The molecule has 0 aromatic carbocycles. The van der Waals surface area contributed by atoms with Gasteiger partial charge >= 0.3 is 5.97 Å². The van der Waals surface area contributed by atoms with Crippen molar-refractivity contribution in [3.63, 3.8) is 0 Å². The van der Waals surface area contributed by atoms with Crippen LogP contribution in [0, 0.1) is 5.41 Å². The highest BCUT2D eigenvalue weighted by Crippen LogP contribution is 2.17. The van der Waals surface area contributed by atoms with Crippen LogP contribution in [0.25, 0.3) is 0 Å². The number of carboxylic acids is 1. The molecule has 0 saturated heterocycles. The summed E-state index contributed by atoms with van der Waals surface area (Å²) in [5.74, 6) is -0.815. The maximum atomic E-state index is 10.8. The molecular weight excluding hydrogens is 170 g/mol. The van der Waals surface area contributed by atoms with Crippen molar-refractivity contribution >= 4 is 5.97 Å². The predicted octanol–water partition coefficient (Wildman–Crippen LogP) is 0.410. The van der Waals surface area contributed by atoms with E-state index in [4.69, 9.17) is 10.2 Å². The second-order valence-corrected chi connectivity index (χ2v) is 4.14. The highest BCUT2D eigenvalue weighted by Gasteiger charge is 2.29. The van der Waals surface area contributed by atoms with Gasteiger partial charge in [0.15, 0.2) is 0 Å². The first-order chi connectivity index (χ1) is 5.81. The standard InChI is InChI=1S/C9H19NO3/c1-7(5-11)10(4)6-9(2,3)8(12)13/h7,11H,5-6H2,1-4H3,(H,12,13). The van der Waals surface area contributed by atoms with Gasteiger partial charge in [-0.1, -0.05) is 0 Å². The zero-order chi connectivity index (χ0) is 10.6. The fraction of sp³-hybridized carbons (Fsp3) is 0.889. The molecule has 4 heteroatoms. The zero-order valence-corrected chi connectivity index (χ0v) is 8.74. The van der Waals surface area contributed by atoms with Crippen molar-refractivity contribution < 1.29 is 15.0 Å². The Morgan fingerprint density at radius 1 is 1.54 bits per heavy atom. The van der Waals surface area contributed by atoms with E-state index in [1.54, 1.807) is 13.8 Å². The number of aliphatic hydroxyl groups is 1. The van der Waals surface area contributed by atoms with E-state index >= 15 is 0 Å². The number of nitrogens with zero attached hydrogens (tertiary/aromatic N) is 1. The van der Waals surface area contributed by atoms with Gasteiger partial charge in [0, 0.05) is 12.6 Å². The first-order valence-electron chi connectivity index (χ1n) is 4.35. The monoisotopic (exact) mass is 189 g/mol. The Morgan fingerprint density at radius 3 is 2.31 bits per heavy atom. The molecule has 0 fully saturated rings. The lowest BCUT2D eigenvalue weighted by molar-refractivity contribution is -0.148. The first-order valence-corrected chi connectivity index (χ1v) is 4.35. The van der Waals surface area contributed by atoms with Crippen molar-refractivity contribution in [1.29, 1.82) is 0 Å². The second kappa shape index (κ2) is 4.58. The third-order valence-electron chi connectivity index (χ3n) is 2.24. The molecule has 0 aliphatic heterocycles. The maximum absolute atomic E-state index is 10.8. The Kier molecular flexibility index (Phi) is 4.36. The summed E-state index contributed by atoms with van der Waals surface area (Å²) in [5.41, 5.74) is -0.766. The molecule has 0 aromatic heterocycles. The lowest BCUT2D eigenvalue weighted by Gasteiger charge is -2.30. The minimum absolute atomic E-state index is 0.00127. The Bertz CT molecular complexity index is 180. The molecule has 0 amide bonds. The maximum Gasteiger partial charge on any atom is 0.310 e. The zero-order valence-electron chi connectivity index (χ0n) is 8.74. The molecule has 0 saturated carbocycles. The van der Waals surface area contributed by atoms with Crippen molar-refractivity contribution in [1.82, 2.24) is 4.90 Å². The van der Waals surface area contributed by atoms with Crippen LogP contribution in [0.1, 0.15) is 20.8 Å². The quantitative estimate of drug-likeness (QED) is 0.657. The van der Waals surface area contributed by atoms with E-state index in [0.29, 0.717) is 6.54 Å². The van der Waals surface area contributed by atoms with Crippen molar-refractivity contribution in [2.45, 2.75) is 26.8 Å². The number of hydrogen-bond donors (Lipinski definition) is 2. The van der Waals surface area contributed by atoms with Crippen molar-refractivity contribution in [2.75, 3.05) is 20.2 Å². The van der Waals surface area contributed by atoms with Gasteiger partial charge in [-0.3, -0.25) is 4.79 Å². The third-order valence-corrected chi connectivity index (χ3v) is 2.24. The summed E-state index contributed by atoms with van der Waals surface area (Å²) in [6.45, 7) is 5.69. The number of aliphatic hydroxyl groups excluding tert-OH is 1. The summed E-state index contributed by atoms with van der Waals surface area (Å²) < 4.78 is 0. The van der Waals surface area contributed by atoms with Gasteiger partial charge in [0.2, 0.25) is 0 Å². The predicted molar refractivity (Wildman–Crippen MR) is 50.6 cm³/mol. The number of aliphatic carboxylic acids is 1. The molecule has 78 valence electrons. The largest absolute Gasteiger partial charge is 0.481 e. The summed E-state index contributed by atoms with van der Waals surface area (Å²) in [5, 5.41) is 17.7. The van der Waals surface area contributed by atoms with Gasteiger partial charge in [-0.25, -0.2) is 0 Å². The molecule has 0 spiro atoms. The molecule has 0 aliphatic carbocycles. The fourth-order valence-corrected chi connectivity index (χ4v) is 0.986. The summed E-state index contributed by atoms with van der Waals surface area (Å²) >= 11 is 0. The third kappa shape index (κ3) is 3.74. The van der Waals surface area contributed by atoms with Crippen molar-refractivity contribution in [3.8, 4) is 0 Å². The van der Waals surface area contributed by atoms with Gasteiger partial charge in [-0.05, 0) is 27.8 Å². The van der Waals surface area contributed by atoms with Gasteiger partial charge < -0.3 is 15.1 Å². The van der Waals surface area contributed by atoms with Gasteiger partial charge in [0.05, 0.1) is 12.0 Å². The highest BCUT2D eigenvalue weighted by atomic mass is 16.4. The molecule has 0 aliphatic rings. The number of carbonyl (C=O) groups is 1. The van der Waals surface area contributed by atoms with Crippen LogP contribution in [-0.4, -0.2) is 47.3 Å². The van der Waals surface area contributed by atoms with Gasteiger partial charge in [-0.15, -0.1) is 0 Å². The van der Waals surface area contributed by atoms with Crippen LogP contribution in [0.15, 0.2) is 0 Å². The van der Waals surface area contributed by atoms with Crippen LogP contribution in [-0.2, 0) is 4.79 Å². The van der Waals surface area contributed by atoms with E-state index < -0.39 is 11.4 Å². The van der Waals surface area contributed by atoms with E-state index in [1.807, 2.05) is 18.9 Å². The van der Waals surface area contributed by atoms with Crippen LogP contribution in [0.3, 0.4) is 0 Å². The number of likely N-dealkylation sites (N-methyl/N-ethyl adjacent to an activating group) is 1. The van der Waals surface area contributed by atoms with Crippen molar-refractivity contribution in [2.24, 2.45) is 5.41 Å². The van der Waals surface area contributed by atoms with E-state index in [0.717, 1.165) is 0 Å². The topological polar surface area (TPSA) is 60.8 Å². The molecular formula is C9H19NO3. The lowest BCUT2D eigenvalue weighted by Crippen LogP contribution is -2.42. The van der Waals surface area contributed by atoms with E-state index in [-0.39, 0.29) is 12.6 Å². The Labute approximate surface area is 79.2 Å². The summed E-state index contributed by atoms with van der Waals surface area (Å²) in [6.07, 6.45) is 0. The Hall–Kier alpha value is -0.610. The fourth-order valence-electron chi connectivity index (χ4n) is 0.986. The van der Waals surface area contributed by atoms with Gasteiger partial charge in [0.25, 0.3) is 0 Å². The molecule has 0 aromatic rings. The number of rotatable bonds is 5. The van der Waals surface area contributed by atoms with Crippen LogP contribution >= 0.6 is 0 Å². The molecule has 1 atom stereocenters. The molecule has 4 nitrogen and oxygen atoms in total. The van der Waals surface area contributed by atoms with E-state index in [2.05, 4.69) is 0 Å². The molecule has 13 heavy (non-hydrogen) atoms. The Morgan fingerprint density at radius 2 is 2.00 bits per heavy atom. The average molecular weight is 189 g/mol. The number of hydrogen-bond acceptors (Lipinski definition) is 3.